The molecule has 0 fully saturated rings. The van der Waals surface area contributed by atoms with Gasteiger partial charge in [-0.25, -0.2) is 4.98 Å². The summed E-state index contributed by atoms with van der Waals surface area (Å²) < 4.78 is 5.59. The van der Waals surface area contributed by atoms with Crippen molar-refractivity contribution in [3.8, 4) is 11.3 Å². The lowest BCUT2D eigenvalue weighted by molar-refractivity contribution is 0.129. The lowest BCUT2D eigenvalue weighted by Gasteiger charge is -2.09. The maximum Gasteiger partial charge on any atom is 0.147 e. The minimum absolute atomic E-state index is 0.502. The van der Waals surface area contributed by atoms with Crippen LogP contribution in [0.4, 0.5) is 11.5 Å². The number of benzene rings is 1. The predicted octanol–water partition coefficient (Wildman–Crippen LogP) is 4.15. The highest BCUT2D eigenvalue weighted by atomic mass is 16.5. The molecule has 3 aromatic rings. The fourth-order valence-corrected chi connectivity index (χ4v) is 3.28. The Kier molecular flexibility index (Phi) is 7.28. The fourth-order valence-electron chi connectivity index (χ4n) is 3.28. The molecule has 0 aliphatic rings. The summed E-state index contributed by atoms with van der Waals surface area (Å²) in [7, 11) is 1.86. The first-order valence-corrected chi connectivity index (χ1v) is 10.1. The summed E-state index contributed by atoms with van der Waals surface area (Å²) in [6.07, 6.45) is 5.11. The molecular weight excluding hydrogens is 350 g/mol. The normalized spacial score (nSPS) is 11.2. The molecule has 28 heavy (non-hydrogen) atoms. The van der Waals surface area contributed by atoms with Gasteiger partial charge in [-0.1, -0.05) is 19.4 Å². The quantitative estimate of drug-likeness (QED) is 0.375. The first-order valence-electron chi connectivity index (χ1n) is 10.1. The first kappa shape index (κ1) is 20.2. The van der Waals surface area contributed by atoms with Gasteiger partial charge in [0.15, 0.2) is 0 Å². The van der Waals surface area contributed by atoms with Gasteiger partial charge in [0, 0.05) is 55.2 Å². The van der Waals surface area contributed by atoms with E-state index in [4.69, 9.17) is 10.5 Å². The van der Waals surface area contributed by atoms with Crippen LogP contribution in [0.3, 0.4) is 0 Å². The molecule has 0 saturated heterocycles. The number of H-pyrrole nitrogens is 1. The summed E-state index contributed by atoms with van der Waals surface area (Å²) in [4.78, 5) is 7.64. The number of aromatic nitrogens is 2. The van der Waals surface area contributed by atoms with Crippen LogP contribution in [-0.4, -0.2) is 36.8 Å². The second-order valence-electron chi connectivity index (χ2n) is 6.97. The van der Waals surface area contributed by atoms with E-state index in [0.29, 0.717) is 5.82 Å². The van der Waals surface area contributed by atoms with Gasteiger partial charge in [-0.2, -0.15) is 0 Å². The van der Waals surface area contributed by atoms with E-state index in [0.717, 1.165) is 61.6 Å². The summed E-state index contributed by atoms with van der Waals surface area (Å²) in [6, 6.07) is 10.7. The molecule has 0 spiro atoms. The van der Waals surface area contributed by atoms with E-state index in [1.807, 2.05) is 13.1 Å². The number of nitrogen functional groups attached to an aromatic ring is 1. The summed E-state index contributed by atoms with van der Waals surface area (Å²) in [5.41, 5.74) is 11.3. The van der Waals surface area contributed by atoms with Crippen molar-refractivity contribution >= 4 is 22.4 Å². The van der Waals surface area contributed by atoms with Crippen LogP contribution in [0.25, 0.3) is 22.2 Å². The summed E-state index contributed by atoms with van der Waals surface area (Å²) >= 11 is 0. The van der Waals surface area contributed by atoms with Crippen molar-refractivity contribution in [2.75, 3.05) is 37.9 Å². The van der Waals surface area contributed by atoms with Crippen LogP contribution in [0.5, 0.6) is 0 Å². The van der Waals surface area contributed by atoms with E-state index in [2.05, 4.69) is 51.8 Å². The zero-order chi connectivity index (χ0) is 19.8. The van der Waals surface area contributed by atoms with E-state index < -0.39 is 0 Å². The maximum absolute atomic E-state index is 6.00. The Labute approximate surface area is 166 Å². The molecule has 0 saturated carbocycles. The average Bonchev–Trinajstić information content (AvgIpc) is 3.13. The summed E-state index contributed by atoms with van der Waals surface area (Å²) in [5.74, 6) is 0.502. The number of rotatable bonds is 11. The second kappa shape index (κ2) is 10.1. The molecule has 6 nitrogen and oxygen atoms in total. The molecular formula is C22H31N5O. The standard InChI is InChI=1S/C22H31N5O/c1-3-4-11-28-12-5-9-25-15-16-6-7-19-17(13-16)14-20(27-19)18-8-10-26-22(23)21(18)24-2/h6-8,10,13-14,24-25,27H,3-5,9,11-12,15H2,1-2H3,(H2,23,26). The van der Waals surface area contributed by atoms with E-state index in [1.165, 1.54) is 17.4 Å². The van der Waals surface area contributed by atoms with Gasteiger partial charge in [-0.3, -0.25) is 0 Å². The molecule has 2 aromatic heterocycles. The minimum atomic E-state index is 0.502. The second-order valence-corrected chi connectivity index (χ2v) is 6.97. The molecule has 0 bridgehead atoms. The Hall–Kier alpha value is -2.57. The van der Waals surface area contributed by atoms with Gasteiger partial charge in [0.05, 0.1) is 5.69 Å². The average molecular weight is 382 g/mol. The van der Waals surface area contributed by atoms with Gasteiger partial charge in [-0.05, 0) is 49.2 Å². The monoisotopic (exact) mass is 381 g/mol. The smallest absolute Gasteiger partial charge is 0.147 e. The third-order valence-corrected chi connectivity index (χ3v) is 4.82. The number of nitrogens with two attached hydrogens (primary N) is 1. The van der Waals surface area contributed by atoms with E-state index in [-0.39, 0.29) is 0 Å². The minimum Gasteiger partial charge on any atom is -0.385 e. The van der Waals surface area contributed by atoms with Crippen molar-refractivity contribution in [1.29, 1.82) is 0 Å². The van der Waals surface area contributed by atoms with E-state index in [1.54, 1.807) is 6.20 Å². The van der Waals surface area contributed by atoms with Gasteiger partial charge < -0.3 is 26.1 Å². The van der Waals surface area contributed by atoms with Crippen molar-refractivity contribution in [2.45, 2.75) is 32.7 Å². The molecule has 0 unspecified atom stereocenters. The molecule has 3 rings (SSSR count). The van der Waals surface area contributed by atoms with Crippen LogP contribution in [-0.2, 0) is 11.3 Å². The number of anilines is 2. The highest BCUT2D eigenvalue weighted by molar-refractivity contribution is 5.91. The molecule has 0 radical (unpaired) electrons. The van der Waals surface area contributed by atoms with Crippen molar-refractivity contribution in [3.63, 3.8) is 0 Å². The summed E-state index contributed by atoms with van der Waals surface area (Å²) in [5, 5.41) is 7.83. The molecule has 6 heteroatoms. The Balaban J connectivity index is 1.60. The first-order chi connectivity index (χ1) is 13.7. The highest BCUT2D eigenvalue weighted by Crippen LogP contribution is 2.32. The molecule has 2 heterocycles. The van der Waals surface area contributed by atoms with Crippen LogP contribution in [0.15, 0.2) is 36.5 Å². The highest BCUT2D eigenvalue weighted by Gasteiger charge is 2.11. The van der Waals surface area contributed by atoms with Crippen LogP contribution >= 0.6 is 0 Å². The van der Waals surface area contributed by atoms with Crippen molar-refractivity contribution in [1.82, 2.24) is 15.3 Å². The number of nitrogens with zero attached hydrogens (tertiary/aromatic N) is 1. The number of hydrogen-bond donors (Lipinski definition) is 4. The Morgan fingerprint density at radius 3 is 2.82 bits per heavy atom. The maximum atomic E-state index is 6.00. The van der Waals surface area contributed by atoms with Crippen molar-refractivity contribution in [3.05, 3.63) is 42.1 Å². The molecule has 0 amide bonds. The molecule has 0 aliphatic carbocycles. The van der Waals surface area contributed by atoms with E-state index in [9.17, 15) is 0 Å². The zero-order valence-electron chi connectivity index (χ0n) is 16.8. The summed E-state index contributed by atoms with van der Waals surface area (Å²) in [6.45, 7) is 5.71. The Morgan fingerprint density at radius 2 is 2.00 bits per heavy atom. The van der Waals surface area contributed by atoms with Gasteiger partial charge in [0.25, 0.3) is 0 Å². The number of pyridine rings is 1. The van der Waals surface area contributed by atoms with Crippen LogP contribution < -0.4 is 16.4 Å². The molecule has 150 valence electrons. The number of unbranched alkanes of at least 4 members (excludes halogenated alkanes) is 1. The third-order valence-electron chi connectivity index (χ3n) is 4.82. The number of ether oxygens (including phenoxy) is 1. The van der Waals surface area contributed by atoms with Gasteiger partial charge in [0.2, 0.25) is 0 Å². The molecule has 0 aliphatic heterocycles. The zero-order valence-corrected chi connectivity index (χ0v) is 16.8. The van der Waals surface area contributed by atoms with E-state index >= 15 is 0 Å². The van der Waals surface area contributed by atoms with Crippen LogP contribution in [0, 0.1) is 0 Å². The SMILES string of the molecule is CCCCOCCCNCc1ccc2[nH]c(-c3ccnc(N)c3NC)cc2c1. The molecule has 5 N–H and O–H groups in total. The van der Waals surface area contributed by atoms with Gasteiger partial charge in [-0.15, -0.1) is 0 Å². The number of hydrogen-bond acceptors (Lipinski definition) is 5. The lowest BCUT2D eigenvalue weighted by Crippen LogP contribution is -2.16. The van der Waals surface area contributed by atoms with Crippen LogP contribution in [0.2, 0.25) is 0 Å². The lowest BCUT2D eigenvalue weighted by atomic mass is 10.1. The molecule has 0 atom stereocenters. The van der Waals surface area contributed by atoms with Gasteiger partial charge in [0.1, 0.15) is 5.82 Å². The largest absolute Gasteiger partial charge is 0.385 e. The predicted molar refractivity (Wildman–Crippen MR) is 118 cm³/mol. The topological polar surface area (TPSA) is 88.0 Å². The number of nitrogens with one attached hydrogen (secondary N) is 3. The Bertz CT molecular complexity index is 890. The Morgan fingerprint density at radius 1 is 1.14 bits per heavy atom. The molecule has 1 aromatic carbocycles. The number of aromatic amines is 1. The fraction of sp³-hybridized carbons (Fsp3) is 0.409. The van der Waals surface area contributed by atoms with Gasteiger partial charge >= 0.3 is 0 Å². The third kappa shape index (κ3) is 5.03. The van der Waals surface area contributed by atoms with Crippen molar-refractivity contribution < 1.29 is 4.74 Å². The number of fused-ring (bicyclic) bond motifs is 1. The van der Waals surface area contributed by atoms with Crippen molar-refractivity contribution in [2.24, 2.45) is 0 Å². The van der Waals surface area contributed by atoms with Crippen LogP contribution in [0.1, 0.15) is 31.7 Å².